The highest BCUT2D eigenvalue weighted by Gasteiger charge is 2.04. The molecule has 0 spiro atoms. The number of aliphatic imine (C=N–C) groups is 1. The first kappa shape index (κ1) is 8.77. The zero-order valence-electron chi connectivity index (χ0n) is 7.89. The molecule has 0 aliphatic rings. The lowest BCUT2D eigenvalue weighted by molar-refractivity contribution is 1.05. The minimum absolute atomic E-state index is 0.857. The monoisotopic (exact) mass is 166 g/mol. The summed E-state index contributed by atoms with van der Waals surface area (Å²) in [6.45, 7) is 5.92. The van der Waals surface area contributed by atoms with Crippen molar-refractivity contribution in [1.29, 1.82) is 0 Å². The van der Waals surface area contributed by atoms with E-state index in [1.807, 2.05) is 20.8 Å². The second kappa shape index (κ2) is 3.38. The Morgan fingerprint density at radius 2 is 2.17 bits per heavy atom. The van der Waals surface area contributed by atoms with Crippen molar-refractivity contribution in [2.24, 2.45) is 4.99 Å². The topological polar surface area (TPSA) is 53.1 Å². The molecule has 2 N–H and O–H groups in total. The molecule has 0 atom stereocenters. The van der Waals surface area contributed by atoms with Crippen LogP contribution in [0.4, 0.5) is 5.82 Å². The maximum absolute atomic E-state index is 4.09. The Morgan fingerprint density at radius 1 is 1.50 bits per heavy atom. The van der Waals surface area contributed by atoms with Gasteiger partial charge in [-0.15, -0.1) is 0 Å². The van der Waals surface area contributed by atoms with E-state index in [0.29, 0.717) is 0 Å². The number of aromatic nitrogens is 2. The normalized spacial score (nSPS) is 11.8. The van der Waals surface area contributed by atoms with Crippen LogP contribution in [0.5, 0.6) is 0 Å². The van der Waals surface area contributed by atoms with Crippen LogP contribution in [0.2, 0.25) is 0 Å². The highest BCUT2D eigenvalue weighted by atomic mass is 15.2. The van der Waals surface area contributed by atoms with Crippen molar-refractivity contribution >= 4 is 11.7 Å². The number of H-pyrrole nitrogens is 1. The van der Waals surface area contributed by atoms with Crippen molar-refractivity contribution in [3.8, 4) is 0 Å². The molecule has 0 saturated carbocycles. The Labute approximate surface area is 72.1 Å². The molecule has 0 bridgehead atoms. The third kappa shape index (κ3) is 1.64. The van der Waals surface area contributed by atoms with E-state index in [9.17, 15) is 0 Å². The number of nitrogens with zero attached hydrogens (tertiary/aromatic N) is 2. The van der Waals surface area contributed by atoms with Crippen LogP contribution in [0.1, 0.15) is 18.2 Å². The summed E-state index contributed by atoms with van der Waals surface area (Å²) in [5, 5.41) is 10.1. The molecule has 0 aromatic carbocycles. The fourth-order valence-corrected chi connectivity index (χ4v) is 0.834. The average molecular weight is 166 g/mol. The van der Waals surface area contributed by atoms with E-state index in [4.69, 9.17) is 0 Å². The molecule has 0 amide bonds. The number of hydrogen-bond acceptors (Lipinski definition) is 2. The minimum Gasteiger partial charge on any atom is -0.327 e. The predicted molar refractivity (Wildman–Crippen MR) is 50.7 cm³/mol. The van der Waals surface area contributed by atoms with Crippen LogP contribution in [0, 0.1) is 13.8 Å². The third-order valence-electron chi connectivity index (χ3n) is 1.89. The molecule has 4 nitrogen and oxygen atoms in total. The molecule has 1 rings (SSSR count). The number of aryl methyl sites for hydroxylation is 1. The summed E-state index contributed by atoms with van der Waals surface area (Å²) in [4.78, 5) is 3.99. The summed E-state index contributed by atoms with van der Waals surface area (Å²) in [7, 11) is 1.75. The molecule has 1 aromatic rings. The first-order valence-electron chi connectivity index (χ1n) is 3.87. The smallest absolute Gasteiger partial charge is 0.156 e. The highest BCUT2D eigenvalue weighted by molar-refractivity contribution is 5.93. The number of amidine groups is 1. The van der Waals surface area contributed by atoms with Crippen molar-refractivity contribution in [3.63, 3.8) is 0 Å². The molecule has 1 aromatic heterocycles. The van der Waals surface area contributed by atoms with Gasteiger partial charge >= 0.3 is 0 Å². The summed E-state index contributed by atoms with van der Waals surface area (Å²) in [5.41, 5.74) is 2.22. The highest BCUT2D eigenvalue weighted by Crippen LogP contribution is 2.13. The van der Waals surface area contributed by atoms with E-state index in [1.54, 1.807) is 7.05 Å². The Hall–Kier alpha value is -1.32. The molecule has 4 heteroatoms. The van der Waals surface area contributed by atoms with Gasteiger partial charge in [0.25, 0.3) is 0 Å². The van der Waals surface area contributed by atoms with Gasteiger partial charge in [-0.05, 0) is 20.8 Å². The summed E-state index contributed by atoms with van der Waals surface area (Å²) in [5.74, 6) is 1.72. The Balaban J connectivity index is 2.83. The average Bonchev–Trinajstić information content (AvgIpc) is 2.36. The molecule has 12 heavy (non-hydrogen) atoms. The van der Waals surface area contributed by atoms with Crippen molar-refractivity contribution in [3.05, 3.63) is 11.3 Å². The predicted octanol–water partition coefficient (Wildman–Crippen LogP) is 1.49. The molecule has 1 heterocycles. The van der Waals surface area contributed by atoms with Crippen molar-refractivity contribution < 1.29 is 0 Å². The second-order valence-electron chi connectivity index (χ2n) is 2.76. The van der Waals surface area contributed by atoms with E-state index < -0.39 is 0 Å². The Bertz CT molecular complexity index is 298. The standard InChI is InChI=1S/C8H14N4/c1-5-6(2)11-12-8(5)10-7(3)9-4/h1-4H3,(H2,9,10,11,12). The maximum atomic E-state index is 4.09. The largest absolute Gasteiger partial charge is 0.327 e. The van der Waals surface area contributed by atoms with Crippen LogP contribution >= 0.6 is 0 Å². The van der Waals surface area contributed by atoms with Crippen molar-refractivity contribution in [2.75, 3.05) is 12.4 Å². The molecule has 0 aliphatic carbocycles. The molecule has 0 radical (unpaired) electrons. The van der Waals surface area contributed by atoms with E-state index in [2.05, 4.69) is 20.5 Å². The van der Waals surface area contributed by atoms with Gasteiger partial charge < -0.3 is 5.32 Å². The Morgan fingerprint density at radius 3 is 2.58 bits per heavy atom. The van der Waals surface area contributed by atoms with Gasteiger partial charge in [-0.25, -0.2) is 0 Å². The number of aromatic amines is 1. The summed E-state index contributed by atoms with van der Waals surface area (Å²) < 4.78 is 0. The van der Waals surface area contributed by atoms with Gasteiger partial charge in [-0.2, -0.15) is 5.10 Å². The molecule has 0 aliphatic heterocycles. The van der Waals surface area contributed by atoms with Crippen LogP contribution in [0.3, 0.4) is 0 Å². The summed E-state index contributed by atoms with van der Waals surface area (Å²) in [6.07, 6.45) is 0. The fourth-order valence-electron chi connectivity index (χ4n) is 0.834. The zero-order valence-corrected chi connectivity index (χ0v) is 7.89. The summed E-state index contributed by atoms with van der Waals surface area (Å²) in [6, 6.07) is 0. The number of nitrogens with one attached hydrogen (secondary N) is 2. The van der Waals surface area contributed by atoms with Gasteiger partial charge in [0.2, 0.25) is 0 Å². The summed E-state index contributed by atoms with van der Waals surface area (Å²) >= 11 is 0. The molecule has 0 saturated heterocycles. The van der Waals surface area contributed by atoms with Gasteiger partial charge in [-0.1, -0.05) is 0 Å². The van der Waals surface area contributed by atoms with E-state index in [1.165, 1.54) is 0 Å². The van der Waals surface area contributed by atoms with Gasteiger partial charge in [0.1, 0.15) is 0 Å². The van der Waals surface area contributed by atoms with E-state index in [0.717, 1.165) is 22.9 Å². The van der Waals surface area contributed by atoms with Crippen LogP contribution in [0.15, 0.2) is 4.99 Å². The van der Waals surface area contributed by atoms with Crippen LogP contribution in [-0.4, -0.2) is 23.1 Å². The lowest BCUT2D eigenvalue weighted by atomic mass is 10.3. The molecule has 0 fully saturated rings. The number of rotatable bonds is 1. The van der Waals surface area contributed by atoms with Gasteiger partial charge in [0.05, 0.1) is 5.84 Å². The first-order chi connectivity index (χ1) is 5.65. The fraction of sp³-hybridized carbons (Fsp3) is 0.500. The van der Waals surface area contributed by atoms with Crippen molar-refractivity contribution in [2.45, 2.75) is 20.8 Å². The number of hydrogen-bond donors (Lipinski definition) is 2. The zero-order chi connectivity index (χ0) is 9.14. The quantitative estimate of drug-likeness (QED) is 0.490. The molecule has 0 unspecified atom stereocenters. The first-order valence-corrected chi connectivity index (χ1v) is 3.87. The molecule has 66 valence electrons. The van der Waals surface area contributed by atoms with Crippen molar-refractivity contribution in [1.82, 2.24) is 10.2 Å². The molecular formula is C8H14N4. The Kier molecular flexibility index (Phi) is 2.47. The lowest BCUT2D eigenvalue weighted by Gasteiger charge is -2.00. The van der Waals surface area contributed by atoms with Gasteiger partial charge in [0.15, 0.2) is 5.82 Å². The number of anilines is 1. The van der Waals surface area contributed by atoms with Gasteiger partial charge in [-0.3, -0.25) is 10.1 Å². The van der Waals surface area contributed by atoms with Crippen LogP contribution in [-0.2, 0) is 0 Å². The minimum atomic E-state index is 0.857. The van der Waals surface area contributed by atoms with Crippen LogP contribution in [0.25, 0.3) is 0 Å². The van der Waals surface area contributed by atoms with E-state index in [-0.39, 0.29) is 0 Å². The SMILES string of the molecule is CN=C(C)Nc1n[nH]c(C)c1C. The van der Waals surface area contributed by atoms with E-state index >= 15 is 0 Å². The second-order valence-corrected chi connectivity index (χ2v) is 2.76. The maximum Gasteiger partial charge on any atom is 0.156 e. The molecular weight excluding hydrogens is 152 g/mol. The van der Waals surface area contributed by atoms with Crippen LogP contribution < -0.4 is 5.32 Å². The lowest BCUT2D eigenvalue weighted by Crippen LogP contribution is -2.07. The van der Waals surface area contributed by atoms with Gasteiger partial charge in [0, 0.05) is 18.3 Å². The third-order valence-corrected chi connectivity index (χ3v) is 1.89.